The number of nitrogens with one attached hydrogen (secondary N) is 1. The van der Waals surface area contributed by atoms with E-state index in [1.807, 2.05) is 6.07 Å². The molecular formula is C16H19FN4O2S. The monoisotopic (exact) mass is 350 g/mol. The zero-order valence-electron chi connectivity index (χ0n) is 13.1. The Labute approximate surface area is 140 Å². The lowest BCUT2D eigenvalue weighted by atomic mass is 10.0. The maximum atomic E-state index is 14.2. The van der Waals surface area contributed by atoms with E-state index in [0.717, 1.165) is 37.6 Å². The summed E-state index contributed by atoms with van der Waals surface area (Å²) < 4.78 is 36.4. The average Bonchev–Trinajstić information content (AvgIpc) is 2.56. The fourth-order valence-electron chi connectivity index (χ4n) is 2.73. The van der Waals surface area contributed by atoms with Gasteiger partial charge in [-0.3, -0.25) is 0 Å². The van der Waals surface area contributed by atoms with E-state index in [4.69, 9.17) is 5.14 Å². The minimum atomic E-state index is -3.76. The molecule has 0 radical (unpaired) electrons. The Morgan fingerprint density at radius 2 is 1.88 bits per heavy atom. The van der Waals surface area contributed by atoms with Crippen LogP contribution in [0.3, 0.4) is 0 Å². The second-order valence-corrected chi connectivity index (χ2v) is 7.37. The first-order valence-electron chi connectivity index (χ1n) is 7.63. The molecule has 0 saturated carbocycles. The normalized spacial score (nSPS) is 15.5. The van der Waals surface area contributed by atoms with Gasteiger partial charge in [-0.1, -0.05) is 12.1 Å². The van der Waals surface area contributed by atoms with E-state index in [2.05, 4.69) is 15.2 Å². The molecule has 0 aliphatic carbocycles. The number of sulfonamides is 1. The lowest BCUT2D eigenvalue weighted by Gasteiger charge is -2.28. The van der Waals surface area contributed by atoms with Gasteiger partial charge in [-0.2, -0.15) is 0 Å². The minimum Gasteiger partial charge on any atom is -0.354 e. The van der Waals surface area contributed by atoms with Crippen molar-refractivity contribution < 1.29 is 12.8 Å². The van der Waals surface area contributed by atoms with Crippen LogP contribution < -0.4 is 15.4 Å². The van der Waals surface area contributed by atoms with Gasteiger partial charge in [0.1, 0.15) is 11.6 Å². The maximum Gasteiger partial charge on any atom is 0.213 e. The van der Waals surface area contributed by atoms with E-state index in [-0.39, 0.29) is 5.56 Å². The zero-order chi connectivity index (χ0) is 17.2. The molecule has 0 unspecified atom stereocenters. The number of benzene rings is 1. The number of piperazine rings is 1. The van der Waals surface area contributed by atoms with Gasteiger partial charge < -0.3 is 10.2 Å². The Hall–Kier alpha value is -2.03. The topological polar surface area (TPSA) is 88.3 Å². The molecule has 0 spiro atoms. The van der Waals surface area contributed by atoms with Gasteiger partial charge in [-0.05, 0) is 29.3 Å². The van der Waals surface area contributed by atoms with Crippen molar-refractivity contribution in [3.8, 4) is 11.1 Å². The lowest BCUT2D eigenvalue weighted by Crippen LogP contribution is -2.43. The Balaban J connectivity index is 1.87. The summed E-state index contributed by atoms with van der Waals surface area (Å²) in [6.45, 7) is 3.56. The molecule has 1 aliphatic heterocycles. The second kappa shape index (κ2) is 6.84. The predicted molar refractivity (Wildman–Crippen MR) is 91.5 cm³/mol. The van der Waals surface area contributed by atoms with Gasteiger partial charge >= 0.3 is 0 Å². The largest absolute Gasteiger partial charge is 0.354 e. The van der Waals surface area contributed by atoms with E-state index in [0.29, 0.717) is 5.56 Å². The second-order valence-electron chi connectivity index (χ2n) is 5.75. The molecule has 24 heavy (non-hydrogen) atoms. The first-order valence-corrected chi connectivity index (χ1v) is 9.35. The maximum absolute atomic E-state index is 14.2. The predicted octanol–water partition coefficient (Wildman–Crippen LogP) is 1.09. The number of hydrogen-bond donors (Lipinski definition) is 2. The van der Waals surface area contributed by atoms with Crippen LogP contribution in [0.15, 0.2) is 36.5 Å². The van der Waals surface area contributed by atoms with Crippen LogP contribution in [0, 0.1) is 5.82 Å². The van der Waals surface area contributed by atoms with Crippen molar-refractivity contribution in [3.63, 3.8) is 0 Å². The number of primary sulfonamides is 1. The minimum absolute atomic E-state index is 0.0673. The number of pyridine rings is 1. The molecule has 128 valence electrons. The van der Waals surface area contributed by atoms with Crippen molar-refractivity contribution in [1.29, 1.82) is 0 Å². The molecule has 2 aromatic rings. The molecular weight excluding hydrogens is 331 g/mol. The Bertz CT molecular complexity index is 836. The Morgan fingerprint density at radius 3 is 2.54 bits per heavy atom. The molecule has 6 nitrogen and oxygen atoms in total. The number of anilines is 1. The van der Waals surface area contributed by atoms with Gasteiger partial charge in [0, 0.05) is 37.9 Å². The summed E-state index contributed by atoms with van der Waals surface area (Å²) in [5.41, 5.74) is 1.57. The van der Waals surface area contributed by atoms with Crippen LogP contribution in [-0.4, -0.2) is 39.6 Å². The van der Waals surface area contributed by atoms with Gasteiger partial charge in [0.05, 0.1) is 5.75 Å². The highest BCUT2D eigenvalue weighted by Gasteiger charge is 2.14. The van der Waals surface area contributed by atoms with Gasteiger partial charge in [0.15, 0.2) is 0 Å². The van der Waals surface area contributed by atoms with Crippen LogP contribution in [0.1, 0.15) is 5.56 Å². The number of nitrogens with two attached hydrogens (primary N) is 1. The van der Waals surface area contributed by atoms with E-state index in [1.165, 1.54) is 12.1 Å². The molecule has 0 amide bonds. The summed E-state index contributed by atoms with van der Waals surface area (Å²) >= 11 is 0. The Kier molecular flexibility index (Phi) is 4.79. The fourth-order valence-corrected chi connectivity index (χ4v) is 3.39. The summed E-state index contributed by atoms with van der Waals surface area (Å²) in [4.78, 5) is 6.56. The van der Waals surface area contributed by atoms with E-state index < -0.39 is 21.6 Å². The van der Waals surface area contributed by atoms with Gasteiger partial charge in [-0.25, -0.2) is 22.9 Å². The molecule has 1 aliphatic rings. The van der Waals surface area contributed by atoms with Crippen molar-refractivity contribution in [2.45, 2.75) is 5.75 Å². The van der Waals surface area contributed by atoms with Crippen molar-refractivity contribution >= 4 is 15.8 Å². The Morgan fingerprint density at radius 1 is 1.17 bits per heavy atom. The third-order valence-electron chi connectivity index (χ3n) is 3.93. The number of nitrogens with zero attached hydrogens (tertiary/aromatic N) is 2. The molecule has 8 heteroatoms. The van der Waals surface area contributed by atoms with Crippen LogP contribution in [0.2, 0.25) is 0 Å². The van der Waals surface area contributed by atoms with Crippen LogP contribution in [0.25, 0.3) is 11.1 Å². The molecule has 1 saturated heterocycles. The average molecular weight is 350 g/mol. The summed E-state index contributed by atoms with van der Waals surface area (Å²) in [6, 6.07) is 8.21. The molecule has 3 N–H and O–H groups in total. The van der Waals surface area contributed by atoms with E-state index in [9.17, 15) is 12.8 Å². The highest BCUT2D eigenvalue weighted by atomic mass is 32.2. The molecule has 0 atom stereocenters. The lowest BCUT2D eigenvalue weighted by molar-refractivity contribution is 0.585. The van der Waals surface area contributed by atoms with Crippen molar-refractivity contribution in [3.05, 3.63) is 47.9 Å². The molecule has 1 fully saturated rings. The van der Waals surface area contributed by atoms with Gasteiger partial charge in [0.2, 0.25) is 10.0 Å². The van der Waals surface area contributed by atoms with Crippen LogP contribution in [0.5, 0.6) is 0 Å². The number of aromatic nitrogens is 1. The highest BCUT2D eigenvalue weighted by Crippen LogP contribution is 2.25. The van der Waals surface area contributed by atoms with E-state index >= 15 is 0 Å². The van der Waals surface area contributed by atoms with Crippen molar-refractivity contribution in [1.82, 2.24) is 10.3 Å². The molecule has 1 aromatic carbocycles. The third kappa shape index (κ3) is 4.08. The van der Waals surface area contributed by atoms with Crippen LogP contribution in [0.4, 0.5) is 10.2 Å². The summed E-state index contributed by atoms with van der Waals surface area (Å²) in [7, 11) is -3.76. The van der Waals surface area contributed by atoms with Crippen LogP contribution in [-0.2, 0) is 15.8 Å². The smallest absolute Gasteiger partial charge is 0.213 e. The molecule has 0 bridgehead atoms. The molecule has 2 heterocycles. The third-order valence-corrected chi connectivity index (χ3v) is 4.64. The first-order chi connectivity index (χ1) is 11.4. The van der Waals surface area contributed by atoms with Crippen molar-refractivity contribution in [2.24, 2.45) is 5.14 Å². The number of hydrogen-bond acceptors (Lipinski definition) is 5. The fraction of sp³-hybridized carbons (Fsp3) is 0.312. The quantitative estimate of drug-likeness (QED) is 0.862. The number of halogens is 1. The highest BCUT2D eigenvalue weighted by molar-refractivity contribution is 7.88. The van der Waals surface area contributed by atoms with Gasteiger partial charge in [-0.15, -0.1) is 0 Å². The van der Waals surface area contributed by atoms with Crippen molar-refractivity contribution in [2.75, 3.05) is 31.1 Å². The summed E-state index contributed by atoms with van der Waals surface area (Å²) in [6.07, 6.45) is 1.70. The summed E-state index contributed by atoms with van der Waals surface area (Å²) in [5, 5.41) is 8.26. The molecule has 1 aromatic heterocycles. The standard InChI is InChI=1S/C16H19FN4O2S/c17-15-9-12(1-2-14(15)11-24(18,22)23)13-3-4-20-16(10-13)21-7-5-19-6-8-21/h1-4,9-10,19H,5-8,11H2,(H2,18,22,23). The zero-order valence-corrected chi connectivity index (χ0v) is 13.9. The first kappa shape index (κ1) is 16.8. The van der Waals surface area contributed by atoms with Gasteiger partial charge in [0.25, 0.3) is 0 Å². The molecule has 3 rings (SSSR count). The van der Waals surface area contributed by atoms with Crippen LogP contribution >= 0.6 is 0 Å². The number of rotatable bonds is 4. The SMILES string of the molecule is NS(=O)(=O)Cc1ccc(-c2ccnc(N3CCNCC3)c2)cc1F. The van der Waals surface area contributed by atoms with E-state index in [1.54, 1.807) is 18.3 Å². The summed E-state index contributed by atoms with van der Waals surface area (Å²) in [5.74, 6) is -0.244.